The standard InChI is InChI=1S/C24H26Cl2FNO/c1-5-10-24(4)14-20(15-11-18(26)13-19(27)12-15)21(28-22(24)29)23(2,3)16-6-8-17(25)9-7-16/h5-9,11-13,20-21H,1,10,14H2,2-4H3,(H,28,29)/t20-,21+,24-/m1/s1. The van der Waals surface area contributed by atoms with Gasteiger partial charge in [-0.2, -0.15) is 0 Å². The molecule has 154 valence electrons. The van der Waals surface area contributed by atoms with Crippen LogP contribution >= 0.6 is 23.2 Å². The monoisotopic (exact) mass is 433 g/mol. The van der Waals surface area contributed by atoms with Crippen molar-refractivity contribution in [2.24, 2.45) is 5.41 Å². The molecule has 1 heterocycles. The largest absolute Gasteiger partial charge is 0.351 e. The molecule has 2 aromatic rings. The van der Waals surface area contributed by atoms with Gasteiger partial charge in [-0.25, -0.2) is 4.39 Å². The lowest BCUT2D eigenvalue weighted by atomic mass is 9.62. The number of nitrogens with one attached hydrogen (secondary N) is 1. The molecule has 1 saturated heterocycles. The summed E-state index contributed by atoms with van der Waals surface area (Å²) in [5, 5.41) is 4.26. The van der Waals surface area contributed by atoms with Gasteiger partial charge >= 0.3 is 0 Å². The molecular weight excluding hydrogens is 408 g/mol. The third-order valence-corrected chi connectivity index (χ3v) is 6.65. The van der Waals surface area contributed by atoms with Crippen LogP contribution in [-0.2, 0) is 10.2 Å². The number of benzene rings is 2. The fourth-order valence-electron chi connectivity index (χ4n) is 4.45. The van der Waals surface area contributed by atoms with Crippen molar-refractivity contribution in [1.82, 2.24) is 5.32 Å². The topological polar surface area (TPSA) is 29.1 Å². The molecule has 1 fully saturated rings. The zero-order valence-electron chi connectivity index (χ0n) is 16.9. The summed E-state index contributed by atoms with van der Waals surface area (Å²) in [5.41, 5.74) is 0.807. The highest BCUT2D eigenvalue weighted by Gasteiger charge is 2.49. The second kappa shape index (κ2) is 8.12. The van der Waals surface area contributed by atoms with Crippen molar-refractivity contribution < 1.29 is 9.18 Å². The minimum Gasteiger partial charge on any atom is -0.351 e. The van der Waals surface area contributed by atoms with E-state index in [1.54, 1.807) is 12.1 Å². The smallest absolute Gasteiger partial charge is 0.226 e. The molecule has 1 aliphatic heterocycles. The van der Waals surface area contributed by atoms with Crippen LogP contribution in [0, 0.1) is 11.2 Å². The molecule has 0 bridgehead atoms. The Morgan fingerprint density at radius 3 is 2.45 bits per heavy atom. The number of hydrogen-bond donors (Lipinski definition) is 1. The van der Waals surface area contributed by atoms with E-state index in [0.717, 1.165) is 11.1 Å². The van der Waals surface area contributed by atoms with Crippen LogP contribution in [0.15, 0.2) is 55.1 Å². The predicted molar refractivity (Wildman–Crippen MR) is 118 cm³/mol. The van der Waals surface area contributed by atoms with Gasteiger partial charge in [0.25, 0.3) is 0 Å². The molecule has 0 aromatic heterocycles. The third-order valence-electron chi connectivity index (χ3n) is 6.18. The molecule has 0 spiro atoms. The quantitative estimate of drug-likeness (QED) is 0.524. The van der Waals surface area contributed by atoms with Gasteiger partial charge in [0.15, 0.2) is 0 Å². The van der Waals surface area contributed by atoms with E-state index in [9.17, 15) is 9.18 Å². The van der Waals surface area contributed by atoms with E-state index < -0.39 is 10.8 Å². The van der Waals surface area contributed by atoms with Crippen molar-refractivity contribution in [2.45, 2.75) is 51.0 Å². The summed E-state index contributed by atoms with van der Waals surface area (Å²) in [6.07, 6.45) is 2.89. The van der Waals surface area contributed by atoms with Gasteiger partial charge in [0.2, 0.25) is 5.91 Å². The van der Waals surface area contributed by atoms with E-state index in [-0.39, 0.29) is 23.7 Å². The average molecular weight is 434 g/mol. The number of allylic oxidation sites excluding steroid dienone is 1. The molecule has 2 nitrogen and oxygen atoms in total. The molecule has 3 atom stereocenters. The highest BCUT2D eigenvalue weighted by Crippen LogP contribution is 2.47. The number of carbonyl (C=O) groups excluding carboxylic acids is 1. The van der Waals surface area contributed by atoms with Crippen LogP contribution in [-0.4, -0.2) is 11.9 Å². The van der Waals surface area contributed by atoms with E-state index in [4.69, 9.17) is 23.2 Å². The maximum absolute atomic E-state index is 14.2. The van der Waals surface area contributed by atoms with Crippen LogP contribution in [0.2, 0.25) is 10.0 Å². The fraction of sp³-hybridized carbons (Fsp3) is 0.375. The number of halogens is 3. The lowest BCUT2D eigenvalue weighted by molar-refractivity contribution is -0.135. The highest BCUT2D eigenvalue weighted by atomic mass is 35.5. The summed E-state index contributed by atoms with van der Waals surface area (Å²) < 4.78 is 14.2. The van der Waals surface area contributed by atoms with Crippen LogP contribution in [0.25, 0.3) is 0 Å². The highest BCUT2D eigenvalue weighted by molar-refractivity contribution is 6.30. The van der Waals surface area contributed by atoms with Crippen LogP contribution in [0.3, 0.4) is 0 Å². The Kier molecular flexibility index (Phi) is 6.12. The lowest BCUT2D eigenvalue weighted by Crippen LogP contribution is -2.59. The maximum atomic E-state index is 14.2. The number of amides is 1. The molecule has 1 N–H and O–H groups in total. The summed E-state index contributed by atoms with van der Waals surface area (Å²) in [6, 6.07) is 12.0. The van der Waals surface area contributed by atoms with Crippen LogP contribution < -0.4 is 5.32 Å². The molecule has 0 saturated carbocycles. The molecule has 1 aliphatic rings. The third kappa shape index (κ3) is 4.36. The van der Waals surface area contributed by atoms with Gasteiger partial charge in [0, 0.05) is 27.4 Å². The van der Waals surface area contributed by atoms with Crippen molar-refractivity contribution in [3.05, 3.63) is 82.1 Å². The summed E-state index contributed by atoms with van der Waals surface area (Å²) in [6.45, 7) is 9.92. The summed E-state index contributed by atoms with van der Waals surface area (Å²) >= 11 is 12.2. The second-order valence-electron chi connectivity index (χ2n) is 8.75. The first kappa shape index (κ1) is 21.9. The van der Waals surface area contributed by atoms with Gasteiger partial charge in [-0.3, -0.25) is 4.79 Å². The summed E-state index contributed by atoms with van der Waals surface area (Å²) in [5.74, 6) is -0.502. The minimum absolute atomic E-state index is 0.0109. The Hall–Kier alpha value is -1.84. The Morgan fingerprint density at radius 2 is 1.86 bits per heavy atom. The zero-order chi connectivity index (χ0) is 21.4. The van der Waals surface area contributed by atoms with Gasteiger partial charge in [-0.15, -0.1) is 6.58 Å². The number of piperidine rings is 1. The van der Waals surface area contributed by atoms with Crippen molar-refractivity contribution in [3.8, 4) is 0 Å². The van der Waals surface area contributed by atoms with Gasteiger partial charge < -0.3 is 5.32 Å². The second-order valence-corrected chi connectivity index (χ2v) is 9.62. The van der Waals surface area contributed by atoms with E-state index in [1.165, 1.54) is 12.1 Å². The van der Waals surface area contributed by atoms with Crippen molar-refractivity contribution in [2.75, 3.05) is 0 Å². The van der Waals surface area contributed by atoms with Gasteiger partial charge in [-0.1, -0.05) is 62.2 Å². The summed E-state index contributed by atoms with van der Waals surface area (Å²) in [4.78, 5) is 13.1. The Balaban J connectivity index is 2.10. The van der Waals surface area contributed by atoms with E-state index in [2.05, 4.69) is 25.7 Å². The van der Waals surface area contributed by atoms with Gasteiger partial charge in [0.05, 0.1) is 5.41 Å². The number of hydrogen-bond acceptors (Lipinski definition) is 1. The van der Waals surface area contributed by atoms with Crippen LogP contribution in [0.1, 0.15) is 50.7 Å². The lowest BCUT2D eigenvalue weighted by Gasteiger charge is -2.48. The van der Waals surface area contributed by atoms with Crippen molar-refractivity contribution in [1.29, 1.82) is 0 Å². The normalized spacial score (nSPS) is 24.8. The van der Waals surface area contributed by atoms with Crippen LogP contribution in [0.5, 0.6) is 0 Å². The molecule has 1 amide bonds. The Morgan fingerprint density at radius 1 is 1.21 bits per heavy atom. The predicted octanol–water partition coefficient (Wildman–Crippen LogP) is 6.66. The zero-order valence-corrected chi connectivity index (χ0v) is 18.4. The first-order valence-corrected chi connectivity index (χ1v) is 10.5. The molecule has 5 heteroatoms. The van der Waals surface area contributed by atoms with Crippen molar-refractivity contribution in [3.63, 3.8) is 0 Å². The van der Waals surface area contributed by atoms with E-state index >= 15 is 0 Å². The van der Waals surface area contributed by atoms with Gasteiger partial charge in [0.1, 0.15) is 5.82 Å². The average Bonchev–Trinajstić information content (AvgIpc) is 2.63. The molecule has 29 heavy (non-hydrogen) atoms. The SMILES string of the molecule is C=CC[C@]1(C)C[C@H](c2cc(F)cc(Cl)c2)[C@@H](C(C)(C)c2ccc(Cl)cc2)NC1=O. The number of rotatable bonds is 5. The molecule has 2 aromatic carbocycles. The fourth-order valence-corrected chi connectivity index (χ4v) is 4.80. The Labute approximate surface area is 182 Å². The summed E-state index contributed by atoms with van der Waals surface area (Å²) in [7, 11) is 0. The first-order valence-electron chi connectivity index (χ1n) is 9.71. The molecule has 0 radical (unpaired) electrons. The van der Waals surface area contributed by atoms with Gasteiger partial charge in [-0.05, 0) is 54.3 Å². The molecule has 0 unspecified atom stereocenters. The Bertz CT molecular complexity index is 905. The maximum Gasteiger partial charge on any atom is 0.226 e. The molecular formula is C24H26Cl2FNO. The van der Waals surface area contributed by atoms with E-state index in [1.807, 2.05) is 31.2 Å². The minimum atomic E-state index is -0.613. The van der Waals surface area contributed by atoms with Crippen LogP contribution in [0.4, 0.5) is 4.39 Å². The first-order chi connectivity index (χ1) is 13.6. The van der Waals surface area contributed by atoms with E-state index in [0.29, 0.717) is 22.9 Å². The van der Waals surface area contributed by atoms with Crippen molar-refractivity contribution >= 4 is 29.1 Å². The molecule has 0 aliphatic carbocycles. The molecule has 3 rings (SSSR count). The number of carbonyl (C=O) groups is 1.